The van der Waals surface area contributed by atoms with Gasteiger partial charge in [0.05, 0.1) is 17.4 Å². The third kappa shape index (κ3) is 2.97. The van der Waals surface area contributed by atoms with E-state index >= 15 is 0 Å². The highest BCUT2D eigenvalue weighted by molar-refractivity contribution is 5.94. The first kappa shape index (κ1) is 13.8. The van der Waals surface area contributed by atoms with Crippen molar-refractivity contribution >= 4 is 5.91 Å². The standard InChI is InChI=1S/C16H20N4O/c17-8-6-13-7-9-19(11-13)16(21)14-10-18-20(12-14)15-4-2-1-3-5-15/h1-5,10,12-13H,6-9,11,17H2. The van der Waals surface area contributed by atoms with Crippen molar-refractivity contribution in [2.24, 2.45) is 11.7 Å². The van der Waals surface area contributed by atoms with Crippen molar-refractivity contribution in [1.82, 2.24) is 14.7 Å². The SMILES string of the molecule is NCCC1CCN(C(=O)c2cnn(-c3ccccc3)c2)C1. The van der Waals surface area contributed by atoms with E-state index in [1.54, 1.807) is 17.1 Å². The topological polar surface area (TPSA) is 64.2 Å². The lowest BCUT2D eigenvalue weighted by Crippen LogP contribution is -2.28. The average Bonchev–Trinajstić information content (AvgIpc) is 3.17. The van der Waals surface area contributed by atoms with E-state index in [-0.39, 0.29) is 5.91 Å². The molecule has 2 N–H and O–H groups in total. The molecule has 2 aromatic rings. The number of carbonyl (C=O) groups excluding carboxylic acids is 1. The number of para-hydroxylation sites is 1. The van der Waals surface area contributed by atoms with Gasteiger partial charge in [-0.25, -0.2) is 4.68 Å². The summed E-state index contributed by atoms with van der Waals surface area (Å²) in [6.45, 7) is 2.32. The van der Waals surface area contributed by atoms with Crippen LogP contribution in [0.2, 0.25) is 0 Å². The van der Waals surface area contributed by atoms with Crippen LogP contribution in [0, 0.1) is 5.92 Å². The second-order valence-corrected chi connectivity index (χ2v) is 5.49. The van der Waals surface area contributed by atoms with Crippen molar-refractivity contribution < 1.29 is 4.79 Å². The van der Waals surface area contributed by atoms with E-state index in [4.69, 9.17) is 5.73 Å². The van der Waals surface area contributed by atoms with Crippen molar-refractivity contribution in [3.8, 4) is 5.69 Å². The Labute approximate surface area is 124 Å². The quantitative estimate of drug-likeness (QED) is 0.929. The van der Waals surface area contributed by atoms with Crippen LogP contribution in [0.5, 0.6) is 0 Å². The number of rotatable bonds is 4. The molecule has 1 atom stereocenters. The number of benzene rings is 1. The smallest absolute Gasteiger partial charge is 0.257 e. The molecule has 1 aromatic carbocycles. The molecule has 21 heavy (non-hydrogen) atoms. The van der Waals surface area contributed by atoms with Gasteiger partial charge in [-0.15, -0.1) is 0 Å². The lowest BCUT2D eigenvalue weighted by molar-refractivity contribution is 0.0786. The second kappa shape index (κ2) is 6.10. The predicted molar refractivity (Wildman–Crippen MR) is 81.2 cm³/mol. The molecule has 1 aromatic heterocycles. The van der Waals surface area contributed by atoms with E-state index in [1.807, 2.05) is 35.2 Å². The minimum absolute atomic E-state index is 0.0664. The summed E-state index contributed by atoms with van der Waals surface area (Å²) >= 11 is 0. The van der Waals surface area contributed by atoms with Gasteiger partial charge in [-0.2, -0.15) is 5.10 Å². The maximum absolute atomic E-state index is 12.5. The fourth-order valence-electron chi connectivity index (χ4n) is 2.83. The van der Waals surface area contributed by atoms with Crippen LogP contribution in [0.4, 0.5) is 0 Å². The van der Waals surface area contributed by atoms with Crippen molar-refractivity contribution in [3.05, 3.63) is 48.3 Å². The number of likely N-dealkylation sites (tertiary alicyclic amines) is 1. The van der Waals surface area contributed by atoms with Crippen LogP contribution in [0.25, 0.3) is 5.69 Å². The summed E-state index contributed by atoms with van der Waals surface area (Å²) in [6.07, 6.45) is 5.49. The molecular weight excluding hydrogens is 264 g/mol. The number of carbonyl (C=O) groups is 1. The summed E-state index contributed by atoms with van der Waals surface area (Å²) in [5.41, 5.74) is 7.19. The number of aromatic nitrogens is 2. The Hall–Kier alpha value is -2.14. The van der Waals surface area contributed by atoms with Gasteiger partial charge in [-0.05, 0) is 37.4 Å². The number of hydrogen-bond donors (Lipinski definition) is 1. The van der Waals surface area contributed by atoms with E-state index < -0.39 is 0 Å². The molecule has 1 aliphatic rings. The molecule has 3 rings (SSSR count). The summed E-state index contributed by atoms with van der Waals surface area (Å²) < 4.78 is 1.74. The van der Waals surface area contributed by atoms with Crippen LogP contribution in [0.3, 0.4) is 0 Å². The molecule has 0 radical (unpaired) electrons. The van der Waals surface area contributed by atoms with Gasteiger partial charge in [0.25, 0.3) is 5.91 Å². The highest BCUT2D eigenvalue weighted by Crippen LogP contribution is 2.21. The molecule has 1 amide bonds. The highest BCUT2D eigenvalue weighted by atomic mass is 16.2. The molecule has 1 fully saturated rings. The number of nitrogens with two attached hydrogens (primary N) is 1. The molecule has 5 nitrogen and oxygen atoms in total. The molecule has 0 bridgehead atoms. The number of amides is 1. The number of hydrogen-bond acceptors (Lipinski definition) is 3. The first-order valence-electron chi connectivity index (χ1n) is 7.37. The van der Waals surface area contributed by atoms with Crippen LogP contribution in [0.15, 0.2) is 42.7 Å². The van der Waals surface area contributed by atoms with Gasteiger partial charge < -0.3 is 10.6 Å². The molecule has 1 saturated heterocycles. The molecule has 0 aliphatic carbocycles. The maximum atomic E-state index is 12.5. The molecule has 0 saturated carbocycles. The number of nitrogens with zero attached hydrogens (tertiary/aromatic N) is 3. The summed E-state index contributed by atoms with van der Waals surface area (Å²) in [6, 6.07) is 9.80. The Morgan fingerprint density at radius 2 is 2.14 bits per heavy atom. The van der Waals surface area contributed by atoms with Gasteiger partial charge in [0, 0.05) is 19.3 Å². The maximum Gasteiger partial charge on any atom is 0.257 e. The van der Waals surface area contributed by atoms with Crippen LogP contribution in [0.1, 0.15) is 23.2 Å². The molecule has 1 unspecified atom stereocenters. The first-order valence-corrected chi connectivity index (χ1v) is 7.37. The summed E-state index contributed by atoms with van der Waals surface area (Å²) in [4.78, 5) is 14.4. The van der Waals surface area contributed by atoms with Gasteiger partial charge >= 0.3 is 0 Å². The molecule has 0 spiro atoms. The Bertz CT molecular complexity index is 608. The molecule has 1 aliphatic heterocycles. The zero-order valence-corrected chi connectivity index (χ0v) is 12.0. The summed E-state index contributed by atoms with van der Waals surface area (Å²) in [7, 11) is 0. The van der Waals surface area contributed by atoms with E-state index in [0.29, 0.717) is 18.0 Å². The fourth-order valence-corrected chi connectivity index (χ4v) is 2.83. The predicted octanol–water partition coefficient (Wildman–Crippen LogP) is 1.68. The first-order chi connectivity index (χ1) is 10.3. The largest absolute Gasteiger partial charge is 0.338 e. The Morgan fingerprint density at radius 1 is 1.33 bits per heavy atom. The Kier molecular flexibility index (Phi) is 4.01. The molecule has 5 heteroatoms. The summed E-state index contributed by atoms with van der Waals surface area (Å²) in [5.74, 6) is 0.611. The van der Waals surface area contributed by atoms with Gasteiger partial charge in [0.2, 0.25) is 0 Å². The van der Waals surface area contributed by atoms with Crippen LogP contribution >= 0.6 is 0 Å². The molecular formula is C16H20N4O. The lowest BCUT2D eigenvalue weighted by Gasteiger charge is -2.15. The minimum atomic E-state index is 0.0664. The normalized spacial score (nSPS) is 18.1. The highest BCUT2D eigenvalue weighted by Gasteiger charge is 2.27. The van der Waals surface area contributed by atoms with E-state index in [1.165, 1.54) is 0 Å². The average molecular weight is 284 g/mol. The third-order valence-electron chi connectivity index (χ3n) is 4.00. The van der Waals surface area contributed by atoms with Gasteiger partial charge in [-0.1, -0.05) is 18.2 Å². The third-order valence-corrected chi connectivity index (χ3v) is 4.00. The van der Waals surface area contributed by atoms with Crippen LogP contribution < -0.4 is 5.73 Å². The van der Waals surface area contributed by atoms with Crippen LogP contribution in [-0.2, 0) is 0 Å². The molecule has 2 heterocycles. The summed E-state index contributed by atoms with van der Waals surface area (Å²) in [5, 5.41) is 4.28. The van der Waals surface area contributed by atoms with Crippen LogP contribution in [-0.4, -0.2) is 40.2 Å². The zero-order chi connectivity index (χ0) is 14.7. The van der Waals surface area contributed by atoms with E-state index in [0.717, 1.165) is 31.6 Å². The van der Waals surface area contributed by atoms with Gasteiger partial charge in [-0.3, -0.25) is 4.79 Å². The van der Waals surface area contributed by atoms with E-state index in [2.05, 4.69) is 5.10 Å². The Balaban J connectivity index is 1.70. The minimum Gasteiger partial charge on any atom is -0.338 e. The Morgan fingerprint density at radius 3 is 2.90 bits per heavy atom. The van der Waals surface area contributed by atoms with Crippen molar-refractivity contribution in [2.45, 2.75) is 12.8 Å². The lowest BCUT2D eigenvalue weighted by atomic mass is 10.1. The van der Waals surface area contributed by atoms with Crippen molar-refractivity contribution in [3.63, 3.8) is 0 Å². The van der Waals surface area contributed by atoms with Crippen molar-refractivity contribution in [1.29, 1.82) is 0 Å². The van der Waals surface area contributed by atoms with Gasteiger partial charge in [0.1, 0.15) is 0 Å². The van der Waals surface area contributed by atoms with Gasteiger partial charge in [0.15, 0.2) is 0 Å². The monoisotopic (exact) mass is 284 g/mol. The second-order valence-electron chi connectivity index (χ2n) is 5.49. The van der Waals surface area contributed by atoms with Crippen molar-refractivity contribution in [2.75, 3.05) is 19.6 Å². The molecule has 110 valence electrons. The van der Waals surface area contributed by atoms with E-state index in [9.17, 15) is 4.79 Å². The zero-order valence-electron chi connectivity index (χ0n) is 12.0. The fraction of sp³-hybridized carbons (Fsp3) is 0.375.